The summed E-state index contributed by atoms with van der Waals surface area (Å²) in [5, 5.41) is 2.98. The minimum atomic E-state index is -0.157. The van der Waals surface area contributed by atoms with Gasteiger partial charge >= 0.3 is 0 Å². The van der Waals surface area contributed by atoms with Crippen molar-refractivity contribution in [3.63, 3.8) is 0 Å². The van der Waals surface area contributed by atoms with E-state index in [1.807, 2.05) is 19.1 Å². The van der Waals surface area contributed by atoms with Crippen molar-refractivity contribution in [2.75, 3.05) is 26.8 Å². The predicted octanol–water partition coefficient (Wildman–Crippen LogP) is 2.19. The van der Waals surface area contributed by atoms with Gasteiger partial charge in [-0.05, 0) is 38.9 Å². The third-order valence-corrected chi connectivity index (χ3v) is 4.12. The standard InChI is InChI=1S/C17H25FN2O2/c1-13(12-22-2)19-17(21)14-7-9-20(10-8-14)11-15-5-3-4-6-16(15)18/h3-6,13-14H,7-12H2,1-2H3,(H,19,21)/t13-/m1/s1. The van der Waals surface area contributed by atoms with Crippen LogP contribution in [0.25, 0.3) is 0 Å². The van der Waals surface area contributed by atoms with E-state index in [9.17, 15) is 9.18 Å². The molecule has 1 aliphatic heterocycles. The molecule has 1 atom stereocenters. The van der Waals surface area contributed by atoms with Crippen LogP contribution in [0.15, 0.2) is 24.3 Å². The number of halogens is 1. The van der Waals surface area contributed by atoms with Crippen LogP contribution in [0.5, 0.6) is 0 Å². The zero-order valence-corrected chi connectivity index (χ0v) is 13.3. The molecular weight excluding hydrogens is 283 g/mol. The van der Waals surface area contributed by atoms with Gasteiger partial charge < -0.3 is 10.1 Å². The molecule has 0 unspecified atom stereocenters. The monoisotopic (exact) mass is 308 g/mol. The Bertz CT molecular complexity index is 487. The Labute approximate surface area is 131 Å². The number of nitrogens with one attached hydrogen (secondary N) is 1. The van der Waals surface area contributed by atoms with Gasteiger partial charge in [0.15, 0.2) is 0 Å². The molecule has 122 valence electrons. The van der Waals surface area contributed by atoms with Crippen LogP contribution in [0, 0.1) is 11.7 Å². The van der Waals surface area contributed by atoms with E-state index < -0.39 is 0 Å². The molecule has 0 bridgehead atoms. The summed E-state index contributed by atoms with van der Waals surface area (Å²) in [5.41, 5.74) is 0.721. The molecule has 1 amide bonds. The molecule has 0 radical (unpaired) electrons. The Morgan fingerprint density at radius 2 is 2.09 bits per heavy atom. The second kappa shape index (κ2) is 8.25. The smallest absolute Gasteiger partial charge is 0.223 e. The first-order valence-corrected chi connectivity index (χ1v) is 7.85. The predicted molar refractivity (Wildman–Crippen MR) is 83.9 cm³/mol. The Balaban J connectivity index is 1.78. The Morgan fingerprint density at radius 3 is 2.73 bits per heavy atom. The van der Waals surface area contributed by atoms with Crippen molar-refractivity contribution in [1.82, 2.24) is 10.2 Å². The van der Waals surface area contributed by atoms with Crippen LogP contribution in [0.4, 0.5) is 4.39 Å². The average Bonchev–Trinajstić information content (AvgIpc) is 2.50. The summed E-state index contributed by atoms with van der Waals surface area (Å²) in [6, 6.07) is 6.91. The highest BCUT2D eigenvalue weighted by Crippen LogP contribution is 2.20. The fourth-order valence-electron chi connectivity index (χ4n) is 2.87. The average molecular weight is 308 g/mol. The number of benzene rings is 1. The molecule has 1 aromatic rings. The number of likely N-dealkylation sites (tertiary alicyclic amines) is 1. The van der Waals surface area contributed by atoms with E-state index in [2.05, 4.69) is 10.2 Å². The van der Waals surface area contributed by atoms with Crippen LogP contribution in [0.2, 0.25) is 0 Å². The van der Waals surface area contributed by atoms with Crippen molar-refractivity contribution in [1.29, 1.82) is 0 Å². The minimum absolute atomic E-state index is 0.0361. The van der Waals surface area contributed by atoms with Gasteiger partial charge in [-0.2, -0.15) is 0 Å². The molecule has 1 heterocycles. The van der Waals surface area contributed by atoms with E-state index >= 15 is 0 Å². The first-order chi connectivity index (χ1) is 10.6. The molecular formula is C17H25FN2O2. The summed E-state index contributed by atoms with van der Waals surface area (Å²) in [4.78, 5) is 14.4. The minimum Gasteiger partial charge on any atom is -0.383 e. The molecule has 1 saturated heterocycles. The van der Waals surface area contributed by atoms with E-state index in [4.69, 9.17) is 4.74 Å². The third kappa shape index (κ3) is 4.78. The molecule has 1 fully saturated rings. The number of piperidine rings is 1. The van der Waals surface area contributed by atoms with Crippen LogP contribution >= 0.6 is 0 Å². The van der Waals surface area contributed by atoms with Crippen molar-refractivity contribution in [2.24, 2.45) is 5.92 Å². The lowest BCUT2D eigenvalue weighted by atomic mass is 9.95. The van der Waals surface area contributed by atoms with Gasteiger partial charge in [0.25, 0.3) is 0 Å². The highest BCUT2D eigenvalue weighted by Gasteiger charge is 2.26. The maximum Gasteiger partial charge on any atom is 0.223 e. The van der Waals surface area contributed by atoms with Crippen molar-refractivity contribution in [3.05, 3.63) is 35.6 Å². The quantitative estimate of drug-likeness (QED) is 0.876. The van der Waals surface area contributed by atoms with Crippen LogP contribution < -0.4 is 5.32 Å². The molecule has 1 aliphatic rings. The Morgan fingerprint density at radius 1 is 1.41 bits per heavy atom. The van der Waals surface area contributed by atoms with E-state index in [0.717, 1.165) is 31.5 Å². The maximum absolute atomic E-state index is 13.7. The number of carbonyl (C=O) groups is 1. The molecule has 1 N–H and O–H groups in total. The van der Waals surface area contributed by atoms with Crippen molar-refractivity contribution < 1.29 is 13.9 Å². The molecule has 1 aromatic carbocycles. The highest BCUT2D eigenvalue weighted by atomic mass is 19.1. The second-order valence-electron chi connectivity index (χ2n) is 6.01. The highest BCUT2D eigenvalue weighted by molar-refractivity contribution is 5.79. The van der Waals surface area contributed by atoms with E-state index in [0.29, 0.717) is 13.2 Å². The lowest BCUT2D eigenvalue weighted by Crippen LogP contribution is -2.44. The number of methoxy groups -OCH3 is 1. The van der Waals surface area contributed by atoms with Gasteiger partial charge in [0, 0.05) is 31.2 Å². The normalized spacial score (nSPS) is 18.1. The molecule has 0 aliphatic carbocycles. The van der Waals surface area contributed by atoms with Crippen molar-refractivity contribution in [3.8, 4) is 0 Å². The molecule has 0 aromatic heterocycles. The molecule has 0 spiro atoms. The van der Waals surface area contributed by atoms with Crippen LogP contribution in [0.3, 0.4) is 0 Å². The molecule has 2 rings (SSSR count). The number of nitrogens with zero attached hydrogens (tertiary/aromatic N) is 1. The summed E-state index contributed by atoms with van der Waals surface area (Å²) >= 11 is 0. The fourth-order valence-corrected chi connectivity index (χ4v) is 2.87. The van der Waals surface area contributed by atoms with Gasteiger partial charge in [0.05, 0.1) is 6.61 Å². The van der Waals surface area contributed by atoms with Crippen LogP contribution in [0.1, 0.15) is 25.3 Å². The van der Waals surface area contributed by atoms with E-state index in [-0.39, 0.29) is 23.7 Å². The Hall–Kier alpha value is -1.46. The van der Waals surface area contributed by atoms with Crippen molar-refractivity contribution >= 4 is 5.91 Å². The molecule has 4 nitrogen and oxygen atoms in total. The van der Waals surface area contributed by atoms with Gasteiger partial charge in [-0.3, -0.25) is 9.69 Å². The Kier molecular flexibility index (Phi) is 6.34. The zero-order valence-electron chi connectivity index (χ0n) is 13.3. The number of carbonyl (C=O) groups excluding carboxylic acids is 1. The SMILES string of the molecule is COC[C@@H](C)NC(=O)C1CCN(Cc2ccccc2F)CC1. The lowest BCUT2D eigenvalue weighted by molar-refractivity contribution is -0.127. The lowest BCUT2D eigenvalue weighted by Gasteiger charge is -2.31. The number of amides is 1. The molecule has 22 heavy (non-hydrogen) atoms. The maximum atomic E-state index is 13.7. The van der Waals surface area contributed by atoms with Gasteiger partial charge in [-0.1, -0.05) is 18.2 Å². The summed E-state index contributed by atoms with van der Waals surface area (Å²) in [6.07, 6.45) is 1.64. The van der Waals surface area contributed by atoms with Crippen molar-refractivity contribution in [2.45, 2.75) is 32.4 Å². The fraction of sp³-hybridized carbons (Fsp3) is 0.588. The van der Waals surface area contributed by atoms with Gasteiger partial charge in [-0.15, -0.1) is 0 Å². The van der Waals surface area contributed by atoms with Gasteiger partial charge in [-0.25, -0.2) is 4.39 Å². The number of rotatable bonds is 6. The van der Waals surface area contributed by atoms with Gasteiger partial charge in [0.1, 0.15) is 5.82 Å². The third-order valence-electron chi connectivity index (χ3n) is 4.12. The van der Waals surface area contributed by atoms with E-state index in [1.54, 1.807) is 13.2 Å². The topological polar surface area (TPSA) is 41.6 Å². The van der Waals surface area contributed by atoms with Gasteiger partial charge in [0.2, 0.25) is 5.91 Å². The number of hydrogen-bond donors (Lipinski definition) is 1. The van der Waals surface area contributed by atoms with Crippen LogP contribution in [-0.2, 0) is 16.1 Å². The second-order valence-corrected chi connectivity index (χ2v) is 6.01. The first-order valence-electron chi connectivity index (χ1n) is 7.85. The summed E-state index contributed by atoms with van der Waals surface area (Å²) in [6.45, 7) is 4.73. The summed E-state index contributed by atoms with van der Waals surface area (Å²) in [7, 11) is 1.63. The number of hydrogen-bond acceptors (Lipinski definition) is 3. The zero-order chi connectivity index (χ0) is 15.9. The molecule has 5 heteroatoms. The summed E-state index contributed by atoms with van der Waals surface area (Å²) < 4.78 is 18.7. The molecule has 0 saturated carbocycles. The summed E-state index contributed by atoms with van der Waals surface area (Å²) in [5.74, 6) is 0.00188. The number of ether oxygens (including phenoxy) is 1. The van der Waals surface area contributed by atoms with Crippen LogP contribution in [-0.4, -0.2) is 43.7 Å². The first kappa shape index (κ1) is 16.9. The van der Waals surface area contributed by atoms with E-state index in [1.165, 1.54) is 6.07 Å². The largest absolute Gasteiger partial charge is 0.383 e.